The maximum atomic E-state index is 12.1. The quantitative estimate of drug-likeness (QED) is 0.722. The van der Waals surface area contributed by atoms with Gasteiger partial charge in [0.25, 0.3) is 5.91 Å². The molecule has 2 aromatic heterocycles. The first kappa shape index (κ1) is 15.7. The second-order valence-electron chi connectivity index (χ2n) is 5.09. The number of benzene rings is 1. The number of rotatable bonds is 6. The number of amides is 1. The predicted molar refractivity (Wildman–Crippen MR) is 88.6 cm³/mol. The van der Waals surface area contributed by atoms with Crippen molar-refractivity contribution < 1.29 is 9.53 Å². The fourth-order valence-corrected chi connectivity index (χ4v) is 2.19. The van der Waals surface area contributed by atoms with Crippen molar-refractivity contribution in [3.8, 4) is 17.1 Å². The van der Waals surface area contributed by atoms with Crippen LogP contribution in [0.3, 0.4) is 0 Å². The number of carbonyl (C=O) groups excluding carboxylic acids is 1. The monoisotopic (exact) mass is 323 g/mol. The van der Waals surface area contributed by atoms with Gasteiger partial charge >= 0.3 is 0 Å². The van der Waals surface area contributed by atoms with E-state index in [9.17, 15) is 4.79 Å². The predicted octanol–water partition coefficient (Wildman–Crippen LogP) is 1.85. The molecular weight excluding hydrogens is 306 g/mol. The number of aromatic nitrogens is 4. The van der Waals surface area contributed by atoms with Gasteiger partial charge in [-0.15, -0.1) is 0 Å². The second-order valence-corrected chi connectivity index (χ2v) is 5.09. The Balaban J connectivity index is 1.55. The number of methoxy groups -OCH3 is 1. The Morgan fingerprint density at radius 2 is 2.21 bits per heavy atom. The topological polar surface area (TPSA) is 92.8 Å². The normalized spacial score (nSPS) is 10.4. The minimum atomic E-state index is -0.152. The zero-order valence-corrected chi connectivity index (χ0v) is 13.2. The van der Waals surface area contributed by atoms with E-state index in [0.29, 0.717) is 35.9 Å². The highest BCUT2D eigenvalue weighted by Crippen LogP contribution is 2.13. The molecule has 0 aliphatic carbocycles. The lowest BCUT2D eigenvalue weighted by atomic mass is 10.2. The van der Waals surface area contributed by atoms with Crippen molar-refractivity contribution >= 4 is 5.91 Å². The molecule has 0 bridgehead atoms. The molecular formula is C17H17N5O2. The zero-order chi connectivity index (χ0) is 16.8. The van der Waals surface area contributed by atoms with Gasteiger partial charge in [0.1, 0.15) is 11.6 Å². The van der Waals surface area contributed by atoms with Gasteiger partial charge in [-0.3, -0.25) is 14.9 Å². The maximum absolute atomic E-state index is 12.1. The minimum absolute atomic E-state index is 0.152. The van der Waals surface area contributed by atoms with Crippen molar-refractivity contribution in [3.05, 3.63) is 60.2 Å². The number of nitrogens with one attached hydrogen (secondary N) is 2. The summed E-state index contributed by atoms with van der Waals surface area (Å²) in [6, 6.07) is 10.7. The Kier molecular flexibility index (Phi) is 4.81. The van der Waals surface area contributed by atoms with Crippen LogP contribution in [0, 0.1) is 0 Å². The highest BCUT2D eigenvalue weighted by atomic mass is 16.5. The Morgan fingerprint density at radius 1 is 1.29 bits per heavy atom. The molecule has 0 atom stereocenters. The van der Waals surface area contributed by atoms with Gasteiger partial charge in [0.05, 0.1) is 7.11 Å². The van der Waals surface area contributed by atoms with Gasteiger partial charge in [-0.25, -0.2) is 4.98 Å². The van der Waals surface area contributed by atoms with E-state index in [0.717, 1.165) is 5.56 Å². The van der Waals surface area contributed by atoms with E-state index in [1.807, 2.05) is 12.1 Å². The van der Waals surface area contributed by atoms with Gasteiger partial charge in [0.15, 0.2) is 5.82 Å². The van der Waals surface area contributed by atoms with Crippen molar-refractivity contribution in [2.24, 2.45) is 0 Å². The summed E-state index contributed by atoms with van der Waals surface area (Å²) in [5, 5.41) is 9.89. The fourth-order valence-electron chi connectivity index (χ4n) is 2.19. The lowest BCUT2D eigenvalue weighted by Gasteiger charge is -2.05. The fraction of sp³-hybridized carbons (Fsp3) is 0.176. The Bertz CT molecular complexity index is 817. The molecule has 0 aliphatic heterocycles. The summed E-state index contributed by atoms with van der Waals surface area (Å²) in [4.78, 5) is 20.6. The van der Waals surface area contributed by atoms with Crippen LogP contribution >= 0.6 is 0 Å². The molecule has 0 spiro atoms. The third kappa shape index (κ3) is 3.75. The summed E-state index contributed by atoms with van der Waals surface area (Å²) >= 11 is 0. The van der Waals surface area contributed by atoms with Crippen molar-refractivity contribution in [2.75, 3.05) is 13.7 Å². The SMILES string of the molecule is COc1cccc(C(=O)NCCc2nc(-c3cccnc3)n[nH]2)c1. The van der Waals surface area contributed by atoms with Crippen molar-refractivity contribution in [1.29, 1.82) is 0 Å². The number of pyridine rings is 1. The second kappa shape index (κ2) is 7.36. The van der Waals surface area contributed by atoms with Crippen LogP contribution in [0.1, 0.15) is 16.2 Å². The van der Waals surface area contributed by atoms with Crippen LogP contribution in [0.25, 0.3) is 11.4 Å². The van der Waals surface area contributed by atoms with Gasteiger partial charge in [-0.2, -0.15) is 5.10 Å². The Morgan fingerprint density at radius 3 is 3.00 bits per heavy atom. The van der Waals surface area contributed by atoms with E-state index in [2.05, 4.69) is 25.5 Å². The van der Waals surface area contributed by atoms with Crippen LogP contribution in [0.5, 0.6) is 5.75 Å². The van der Waals surface area contributed by atoms with Crippen LogP contribution < -0.4 is 10.1 Å². The first-order chi connectivity index (χ1) is 11.8. The molecule has 1 amide bonds. The summed E-state index contributed by atoms with van der Waals surface area (Å²) in [7, 11) is 1.57. The first-order valence-electron chi connectivity index (χ1n) is 7.50. The molecule has 0 aliphatic rings. The van der Waals surface area contributed by atoms with E-state index >= 15 is 0 Å². The van der Waals surface area contributed by atoms with Crippen LogP contribution in [0.15, 0.2) is 48.8 Å². The third-order valence-electron chi connectivity index (χ3n) is 3.43. The summed E-state index contributed by atoms with van der Waals surface area (Å²) < 4.78 is 5.12. The van der Waals surface area contributed by atoms with Crippen molar-refractivity contribution in [3.63, 3.8) is 0 Å². The minimum Gasteiger partial charge on any atom is -0.497 e. The largest absolute Gasteiger partial charge is 0.497 e. The number of aromatic amines is 1. The summed E-state index contributed by atoms with van der Waals surface area (Å²) in [5.74, 6) is 1.80. The maximum Gasteiger partial charge on any atom is 0.251 e. The summed E-state index contributed by atoms with van der Waals surface area (Å²) in [6.07, 6.45) is 3.96. The lowest BCUT2D eigenvalue weighted by molar-refractivity contribution is 0.0953. The van der Waals surface area contributed by atoms with Gasteiger partial charge in [-0.1, -0.05) is 6.07 Å². The van der Waals surface area contributed by atoms with Gasteiger partial charge < -0.3 is 10.1 Å². The first-order valence-corrected chi connectivity index (χ1v) is 7.50. The number of hydrogen-bond donors (Lipinski definition) is 2. The summed E-state index contributed by atoms with van der Waals surface area (Å²) in [5.41, 5.74) is 1.41. The molecule has 2 N–H and O–H groups in total. The number of hydrogen-bond acceptors (Lipinski definition) is 5. The molecule has 3 rings (SSSR count). The highest BCUT2D eigenvalue weighted by molar-refractivity contribution is 5.94. The molecule has 0 fully saturated rings. The molecule has 24 heavy (non-hydrogen) atoms. The molecule has 2 heterocycles. The molecule has 122 valence electrons. The third-order valence-corrected chi connectivity index (χ3v) is 3.43. The average molecular weight is 323 g/mol. The van der Waals surface area contributed by atoms with Crippen molar-refractivity contribution in [1.82, 2.24) is 25.5 Å². The molecule has 3 aromatic rings. The number of carbonyl (C=O) groups is 1. The number of nitrogens with zero attached hydrogens (tertiary/aromatic N) is 3. The van der Waals surface area contributed by atoms with Gasteiger partial charge in [-0.05, 0) is 30.3 Å². The number of ether oxygens (including phenoxy) is 1. The molecule has 0 saturated heterocycles. The molecule has 0 radical (unpaired) electrons. The Labute approximate surface area is 139 Å². The number of H-pyrrole nitrogens is 1. The zero-order valence-electron chi connectivity index (χ0n) is 13.2. The van der Waals surface area contributed by atoms with Crippen LogP contribution in [-0.4, -0.2) is 39.7 Å². The van der Waals surface area contributed by atoms with Crippen LogP contribution in [0.4, 0.5) is 0 Å². The Hall–Kier alpha value is -3.22. The van der Waals surface area contributed by atoms with E-state index in [1.165, 1.54) is 0 Å². The smallest absolute Gasteiger partial charge is 0.251 e. The van der Waals surface area contributed by atoms with E-state index in [1.54, 1.807) is 43.8 Å². The average Bonchev–Trinajstić information content (AvgIpc) is 3.11. The summed E-state index contributed by atoms with van der Waals surface area (Å²) in [6.45, 7) is 0.456. The van der Waals surface area contributed by atoms with E-state index in [-0.39, 0.29) is 5.91 Å². The highest BCUT2D eigenvalue weighted by Gasteiger charge is 2.08. The van der Waals surface area contributed by atoms with E-state index in [4.69, 9.17) is 4.74 Å². The van der Waals surface area contributed by atoms with Gasteiger partial charge in [0, 0.05) is 36.5 Å². The lowest BCUT2D eigenvalue weighted by Crippen LogP contribution is -2.25. The van der Waals surface area contributed by atoms with Gasteiger partial charge in [0.2, 0.25) is 0 Å². The molecule has 7 heteroatoms. The van der Waals surface area contributed by atoms with Crippen LogP contribution in [-0.2, 0) is 6.42 Å². The van der Waals surface area contributed by atoms with E-state index < -0.39 is 0 Å². The molecule has 1 aromatic carbocycles. The standard InChI is InChI=1S/C17H17N5O2/c1-24-14-6-2-4-12(10-14)17(23)19-9-7-15-20-16(22-21-15)13-5-3-8-18-11-13/h2-6,8,10-11H,7,9H2,1H3,(H,19,23)(H,20,21,22). The molecule has 0 saturated carbocycles. The molecule has 0 unspecified atom stereocenters. The van der Waals surface area contributed by atoms with Crippen LogP contribution in [0.2, 0.25) is 0 Å². The van der Waals surface area contributed by atoms with Crippen molar-refractivity contribution in [2.45, 2.75) is 6.42 Å². The molecule has 7 nitrogen and oxygen atoms in total.